The number of piperidine rings is 1. The molecule has 0 saturated carbocycles. The molecule has 4 amide bonds. The molecule has 0 radical (unpaired) electrons. The molecule has 1 N–H and O–H groups in total. The highest BCUT2D eigenvalue weighted by atomic mass is 19.2. The highest BCUT2D eigenvalue weighted by Gasteiger charge is 2.52. The smallest absolute Gasteiger partial charge is 0.325 e. The van der Waals surface area contributed by atoms with Crippen molar-refractivity contribution >= 4 is 17.8 Å². The number of carbonyl (C=O) groups is 3. The molecule has 3 heterocycles. The Labute approximate surface area is 191 Å². The van der Waals surface area contributed by atoms with Gasteiger partial charge in [0, 0.05) is 39.3 Å². The maximum atomic E-state index is 13.4. The van der Waals surface area contributed by atoms with Crippen molar-refractivity contribution in [2.45, 2.75) is 31.7 Å². The van der Waals surface area contributed by atoms with Gasteiger partial charge < -0.3 is 15.0 Å². The van der Waals surface area contributed by atoms with Crippen molar-refractivity contribution in [2.24, 2.45) is 5.92 Å². The molecular weight excluding hydrogens is 434 g/mol. The molecule has 0 bridgehead atoms. The Bertz CT molecular complexity index is 916. The first kappa shape index (κ1) is 23.6. The van der Waals surface area contributed by atoms with Crippen LogP contribution in [0, 0.1) is 17.6 Å². The van der Waals surface area contributed by atoms with Crippen molar-refractivity contribution < 1.29 is 27.9 Å². The zero-order valence-electron chi connectivity index (χ0n) is 18.8. The molecule has 1 unspecified atom stereocenters. The van der Waals surface area contributed by atoms with E-state index in [0.29, 0.717) is 57.8 Å². The van der Waals surface area contributed by atoms with E-state index in [1.54, 1.807) is 11.8 Å². The number of rotatable bonds is 6. The number of imide groups is 1. The first-order valence-corrected chi connectivity index (χ1v) is 11.4. The fourth-order valence-corrected chi connectivity index (χ4v) is 4.90. The number of nitrogens with zero attached hydrogens (tertiary/aromatic N) is 3. The highest BCUT2D eigenvalue weighted by molar-refractivity contribution is 6.07. The van der Waals surface area contributed by atoms with E-state index in [2.05, 4.69) is 10.2 Å². The lowest BCUT2D eigenvalue weighted by Crippen LogP contribution is -2.54. The number of halogens is 2. The van der Waals surface area contributed by atoms with Gasteiger partial charge in [-0.05, 0) is 43.4 Å². The fourth-order valence-electron chi connectivity index (χ4n) is 4.90. The fraction of sp³-hybridized carbons (Fsp3) is 0.609. The van der Waals surface area contributed by atoms with Gasteiger partial charge in [0.05, 0.1) is 19.6 Å². The monoisotopic (exact) mass is 464 g/mol. The minimum Gasteiger partial charge on any atom is -0.379 e. The third kappa shape index (κ3) is 5.01. The van der Waals surface area contributed by atoms with Gasteiger partial charge >= 0.3 is 6.03 Å². The van der Waals surface area contributed by atoms with Crippen molar-refractivity contribution in [3.8, 4) is 0 Å². The van der Waals surface area contributed by atoms with Crippen LogP contribution in [0.25, 0.3) is 0 Å². The van der Waals surface area contributed by atoms with Gasteiger partial charge in [-0.3, -0.25) is 19.4 Å². The third-order valence-electron chi connectivity index (χ3n) is 7.05. The highest BCUT2D eigenvalue weighted by Crippen LogP contribution is 2.33. The molecule has 0 aromatic heterocycles. The number of urea groups is 1. The maximum absolute atomic E-state index is 13.4. The van der Waals surface area contributed by atoms with Crippen LogP contribution < -0.4 is 5.32 Å². The molecule has 1 aromatic carbocycles. The maximum Gasteiger partial charge on any atom is 0.325 e. The molecule has 1 aromatic rings. The van der Waals surface area contributed by atoms with Crippen LogP contribution in [-0.2, 0) is 20.7 Å². The molecule has 10 heteroatoms. The van der Waals surface area contributed by atoms with Crippen LogP contribution >= 0.6 is 0 Å². The average Bonchev–Trinajstić information content (AvgIpc) is 3.04. The second kappa shape index (κ2) is 9.72. The summed E-state index contributed by atoms with van der Waals surface area (Å²) in [5, 5.41) is 2.90. The van der Waals surface area contributed by atoms with Gasteiger partial charge in [-0.15, -0.1) is 0 Å². The predicted octanol–water partition coefficient (Wildman–Crippen LogP) is 1.39. The summed E-state index contributed by atoms with van der Waals surface area (Å²) in [5.41, 5.74) is -0.570. The molecule has 3 fully saturated rings. The van der Waals surface area contributed by atoms with Crippen LogP contribution in [0.1, 0.15) is 25.3 Å². The quantitative estimate of drug-likeness (QED) is 0.644. The zero-order chi connectivity index (χ0) is 23.6. The summed E-state index contributed by atoms with van der Waals surface area (Å²) in [6.45, 7) is 6.51. The van der Waals surface area contributed by atoms with E-state index in [4.69, 9.17) is 4.74 Å². The summed E-state index contributed by atoms with van der Waals surface area (Å²) in [4.78, 5) is 43.5. The average molecular weight is 465 g/mol. The lowest BCUT2D eigenvalue weighted by atomic mass is 9.79. The molecule has 180 valence electrons. The Morgan fingerprint density at radius 3 is 2.45 bits per heavy atom. The second-order valence-electron chi connectivity index (χ2n) is 9.12. The zero-order valence-corrected chi connectivity index (χ0v) is 18.8. The van der Waals surface area contributed by atoms with E-state index in [0.717, 1.165) is 25.2 Å². The summed E-state index contributed by atoms with van der Waals surface area (Å²) in [6.07, 6.45) is 1.14. The van der Waals surface area contributed by atoms with Crippen LogP contribution in [0.2, 0.25) is 0 Å². The van der Waals surface area contributed by atoms with E-state index in [1.165, 1.54) is 11.0 Å². The summed E-state index contributed by atoms with van der Waals surface area (Å²) in [6, 6.07) is 3.10. The number of amides is 4. The molecule has 33 heavy (non-hydrogen) atoms. The standard InChI is InChI=1S/C23H30F2N4O4/c1-23(21(31)29(22(32)26-23)9-8-27-10-12-33-13-11-27)17-4-6-28(7-5-17)20(30)15-16-2-3-18(24)19(25)14-16/h2-3,14,17H,4-13,15H2,1H3,(H,26,32). The van der Waals surface area contributed by atoms with Crippen LogP contribution in [0.15, 0.2) is 18.2 Å². The van der Waals surface area contributed by atoms with Gasteiger partial charge in [0.25, 0.3) is 5.91 Å². The first-order valence-electron chi connectivity index (χ1n) is 11.4. The number of benzene rings is 1. The molecule has 0 spiro atoms. The van der Waals surface area contributed by atoms with E-state index in [1.807, 2.05) is 0 Å². The van der Waals surface area contributed by atoms with Gasteiger partial charge in [-0.25, -0.2) is 13.6 Å². The van der Waals surface area contributed by atoms with Crippen molar-refractivity contribution in [3.63, 3.8) is 0 Å². The molecule has 3 aliphatic heterocycles. The van der Waals surface area contributed by atoms with Crippen molar-refractivity contribution in [1.29, 1.82) is 0 Å². The molecule has 4 rings (SSSR count). The number of hydrogen-bond donors (Lipinski definition) is 1. The van der Waals surface area contributed by atoms with Gasteiger partial charge in [0.2, 0.25) is 5.91 Å². The van der Waals surface area contributed by atoms with Crippen LogP contribution in [0.3, 0.4) is 0 Å². The van der Waals surface area contributed by atoms with Crippen molar-refractivity contribution in [3.05, 3.63) is 35.4 Å². The summed E-state index contributed by atoms with van der Waals surface area (Å²) in [7, 11) is 0. The number of ether oxygens (including phenoxy) is 1. The van der Waals surface area contributed by atoms with Crippen LogP contribution in [0.4, 0.5) is 13.6 Å². The van der Waals surface area contributed by atoms with E-state index >= 15 is 0 Å². The molecule has 3 aliphatic rings. The number of nitrogens with one attached hydrogen (secondary N) is 1. The second-order valence-corrected chi connectivity index (χ2v) is 9.12. The van der Waals surface area contributed by atoms with Gasteiger partial charge in [0.1, 0.15) is 5.54 Å². The van der Waals surface area contributed by atoms with Gasteiger partial charge in [-0.2, -0.15) is 0 Å². The number of morpholine rings is 1. The van der Waals surface area contributed by atoms with Crippen LogP contribution in [-0.4, -0.2) is 90.6 Å². The Morgan fingerprint density at radius 1 is 1.09 bits per heavy atom. The molecule has 1 atom stereocenters. The Balaban J connectivity index is 1.30. The van der Waals surface area contributed by atoms with Gasteiger partial charge in [-0.1, -0.05) is 6.07 Å². The van der Waals surface area contributed by atoms with Gasteiger partial charge in [0.15, 0.2) is 11.6 Å². The normalized spacial score (nSPS) is 24.9. The Hall–Kier alpha value is -2.59. The minimum atomic E-state index is -0.989. The number of carbonyl (C=O) groups excluding carboxylic acids is 3. The lowest BCUT2D eigenvalue weighted by Gasteiger charge is -2.39. The van der Waals surface area contributed by atoms with Crippen LogP contribution in [0.5, 0.6) is 0 Å². The molecular formula is C23H30F2N4O4. The van der Waals surface area contributed by atoms with E-state index < -0.39 is 17.2 Å². The van der Waals surface area contributed by atoms with Crippen molar-refractivity contribution in [2.75, 3.05) is 52.5 Å². The third-order valence-corrected chi connectivity index (χ3v) is 7.05. The predicted molar refractivity (Wildman–Crippen MR) is 115 cm³/mol. The first-order chi connectivity index (χ1) is 15.8. The van der Waals surface area contributed by atoms with Crippen molar-refractivity contribution in [1.82, 2.24) is 20.0 Å². The topological polar surface area (TPSA) is 82.2 Å². The lowest BCUT2D eigenvalue weighted by molar-refractivity contribution is -0.135. The number of hydrogen-bond acceptors (Lipinski definition) is 5. The Kier molecular flexibility index (Phi) is 6.94. The number of likely N-dealkylation sites (tertiary alicyclic amines) is 1. The molecule has 8 nitrogen and oxygen atoms in total. The summed E-state index contributed by atoms with van der Waals surface area (Å²) >= 11 is 0. The summed E-state index contributed by atoms with van der Waals surface area (Å²) in [5.74, 6) is -2.39. The largest absolute Gasteiger partial charge is 0.379 e. The van der Waals surface area contributed by atoms with E-state index in [-0.39, 0.29) is 30.2 Å². The SMILES string of the molecule is CC1(C2CCN(C(=O)Cc3ccc(F)c(F)c3)CC2)NC(=O)N(CCN2CCOCC2)C1=O. The van der Waals surface area contributed by atoms with E-state index in [9.17, 15) is 23.2 Å². The minimum absolute atomic E-state index is 0.00980. The summed E-state index contributed by atoms with van der Waals surface area (Å²) < 4.78 is 31.9. The Morgan fingerprint density at radius 2 is 1.79 bits per heavy atom. The molecule has 0 aliphatic carbocycles. The molecule has 3 saturated heterocycles.